The molecule has 1 fully saturated rings. The van der Waals surface area contributed by atoms with Gasteiger partial charge in [-0.05, 0) is 58.3 Å². The fraction of sp³-hybridized carbons (Fsp3) is 0.417. The van der Waals surface area contributed by atoms with Crippen LogP contribution in [0.4, 0.5) is 5.69 Å². The van der Waals surface area contributed by atoms with Crippen molar-refractivity contribution in [3.8, 4) is 5.75 Å². The fourth-order valence-electron chi connectivity index (χ4n) is 4.26. The Morgan fingerprint density at radius 1 is 1.13 bits per heavy atom. The van der Waals surface area contributed by atoms with Crippen LogP contribution in [0.25, 0.3) is 11.0 Å². The van der Waals surface area contributed by atoms with Gasteiger partial charge in [0.2, 0.25) is 5.91 Å². The van der Waals surface area contributed by atoms with E-state index in [1.54, 1.807) is 0 Å². The zero-order valence-corrected chi connectivity index (χ0v) is 18.0. The van der Waals surface area contributed by atoms with Crippen molar-refractivity contribution in [2.24, 2.45) is 0 Å². The van der Waals surface area contributed by atoms with E-state index in [9.17, 15) is 4.79 Å². The monoisotopic (exact) mass is 406 g/mol. The van der Waals surface area contributed by atoms with Gasteiger partial charge >= 0.3 is 0 Å². The lowest BCUT2D eigenvalue weighted by molar-refractivity contribution is -0.117. The molecule has 0 unspecified atom stereocenters. The topological polar surface area (TPSA) is 50.6 Å². The number of ether oxygens (including phenoxy) is 1. The normalized spacial score (nSPS) is 16.7. The number of hydrogen-bond donors (Lipinski definition) is 0. The first kappa shape index (κ1) is 20.4. The van der Waals surface area contributed by atoms with Crippen molar-refractivity contribution in [2.45, 2.75) is 32.2 Å². The molecule has 1 aromatic heterocycles. The van der Waals surface area contributed by atoms with Gasteiger partial charge in [-0.1, -0.05) is 24.3 Å². The molecule has 0 spiro atoms. The molecule has 1 saturated heterocycles. The Hall–Kier alpha value is -2.86. The lowest BCUT2D eigenvalue weighted by Gasteiger charge is -2.20. The van der Waals surface area contributed by atoms with Crippen molar-refractivity contribution >= 4 is 22.6 Å². The Balaban J connectivity index is 1.64. The maximum absolute atomic E-state index is 13.0. The highest BCUT2D eigenvalue weighted by Gasteiger charge is 2.35. The number of imidazole rings is 1. The number of para-hydroxylation sites is 4. The van der Waals surface area contributed by atoms with Crippen LogP contribution in [-0.4, -0.2) is 54.1 Å². The minimum Gasteiger partial charge on any atom is -0.492 e. The molecule has 1 amide bonds. The molecule has 0 radical (unpaired) electrons. The molecule has 1 aliphatic rings. The Morgan fingerprint density at radius 3 is 2.70 bits per heavy atom. The molecular weight excluding hydrogens is 376 g/mol. The van der Waals surface area contributed by atoms with Gasteiger partial charge in [0.15, 0.2) is 0 Å². The third-order valence-electron chi connectivity index (χ3n) is 5.62. The number of aryl methyl sites for hydroxylation is 1. The second-order valence-corrected chi connectivity index (χ2v) is 8.07. The molecule has 6 nitrogen and oxygen atoms in total. The molecule has 0 saturated carbocycles. The maximum atomic E-state index is 13.0. The maximum Gasteiger partial charge on any atom is 0.227 e. The molecule has 2 heterocycles. The van der Waals surface area contributed by atoms with E-state index in [0.29, 0.717) is 19.6 Å². The third kappa shape index (κ3) is 4.05. The predicted molar refractivity (Wildman–Crippen MR) is 120 cm³/mol. The molecule has 158 valence electrons. The van der Waals surface area contributed by atoms with Gasteiger partial charge in [-0.3, -0.25) is 4.79 Å². The minimum absolute atomic E-state index is 0.0685. The zero-order chi connectivity index (χ0) is 21.1. The third-order valence-corrected chi connectivity index (χ3v) is 5.62. The number of carbonyl (C=O) groups excluding carboxylic acids is 1. The average Bonchev–Trinajstić information content (AvgIpc) is 3.29. The standard InChI is InChI=1S/C24H30N4O2/c1-4-30-22-13-8-7-12-21(22)28-17-18(16-23(28)29)24-25-19-10-5-6-11-20(19)27(24)15-9-14-26(2)3/h5-8,10-13,18H,4,9,14-17H2,1-3H3/t18-/m1/s1. The number of aromatic nitrogens is 2. The van der Waals surface area contributed by atoms with Gasteiger partial charge in [-0.25, -0.2) is 4.98 Å². The van der Waals surface area contributed by atoms with E-state index < -0.39 is 0 Å². The highest BCUT2D eigenvalue weighted by Crippen LogP contribution is 2.37. The van der Waals surface area contributed by atoms with Gasteiger partial charge in [0.05, 0.1) is 23.3 Å². The minimum atomic E-state index is 0.0685. The van der Waals surface area contributed by atoms with Gasteiger partial charge in [0, 0.05) is 25.4 Å². The van der Waals surface area contributed by atoms with Crippen LogP contribution in [-0.2, 0) is 11.3 Å². The van der Waals surface area contributed by atoms with E-state index in [2.05, 4.69) is 41.8 Å². The van der Waals surface area contributed by atoms with E-state index in [4.69, 9.17) is 9.72 Å². The van der Waals surface area contributed by atoms with Crippen LogP contribution in [0, 0.1) is 0 Å². The first-order chi connectivity index (χ1) is 14.6. The molecule has 0 N–H and O–H groups in total. The van der Waals surface area contributed by atoms with Crippen LogP contribution in [0.2, 0.25) is 0 Å². The van der Waals surface area contributed by atoms with Gasteiger partial charge in [0.25, 0.3) is 0 Å². The zero-order valence-electron chi connectivity index (χ0n) is 18.0. The Kier molecular flexibility index (Phi) is 6.04. The molecule has 0 aliphatic carbocycles. The summed E-state index contributed by atoms with van der Waals surface area (Å²) in [6.07, 6.45) is 1.51. The smallest absolute Gasteiger partial charge is 0.227 e. The van der Waals surface area contributed by atoms with Gasteiger partial charge < -0.3 is 19.1 Å². The number of anilines is 1. The van der Waals surface area contributed by atoms with Gasteiger partial charge in [0.1, 0.15) is 11.6 Å². The van der Waals surface area contributed by atoms with Crippen LogP contribution in [0.5, 0.6) is 5.75 Å². The molecule has 1 atom stereocenters. The van der Waals surface area contributed by atoms with Crippen molar-refractivity contribution in [1.82, 2.24) is 14.5 Å². The molecule has 2 aromatic carbocycles. The second-order valence-electron chi connectivity index (χ2n) is 8.07. The fourth-order valence-corrected chi connectivity index (χ4v) is 4.26. The molecule has 0 bridgehead atoms. The molecule has 3 aromatic rings. The van der Waals surface area contributed by atoms with E-state index in [0.717, 1.165) is 47.8 Å². The average molecular weight is 407 g/mol. The molecule has 1 aliphatic heterocycles. The van der Waals surface area contributed by atoms with Crippen LogP contribution in [0.3, 0.4) is 0 Å². The van der Waals surface area contributed by atoms with Crippen LogP contribution in [0.15, 0.2) is 48.5 Å². The molecule has 4 rings (SSSR count). The predicted octanol–water partition coefficient (Wildman–Crippen LogP) is 3.91. The van der Waals surface area contributed by atoms with Crippen molar-refractivity contribution < 1.29 is 9.53 Å². The van der Waals surface area contributed by atoms with Gasteiger partial charge in [-0.15, -0.1) is 0 Å². The Bertz CT molecular complexity index is 1030. The van der Waals surface area contributed by atoms with Crippen molar-refractivity contribution in [1.29, 1.82) is 0 Å². The number of hydrogen-bond acceptors (Lipinski definition) is 4. The lowest BCUT2D eigenvalue weighted by atomic mass is 10.1. The number of amides is 1. The summed E-state index contributed by atoms with van der Waals surface area (Å²) in [5.74, 6) is 1.96. The Labute approximate surface area is 178 Å². The van der Waals surface area contributed by atoms with E-state index in [-0.39, 0.29) is 11.8 Å². The van der Waals surface area contributed by atoms with Crippen molar-refractivity contribution in [3.63, 3.8) is 0 Å². The summed E-state index contributed by atoms with van der Waals surface area (Å²) >= 11 is 0. The van der Waals surface area contributed by atoms with Crippen molar-refractivity contribution in [3.05, 3.63) is 54.4 Å². The summed E-state index contributed by atoms with van der Waals surface area (Å²) in [4.78, 5) is 22.0. The van der Waals surface area contributed by atoms with Crippen LogP contribution < -0.4 is 9.64 Å². The summed E-state index contributed by atoms with van der Waals surface area (Å²) < 4.78 is 8.08. The van der Waals surface area contributed by atoms with Crippen LogP contribution in [0.1, 0.15) is 31.5 Å². The summed E-state index contributed by atoms with van der Waals surface area (Å²) in [6.45, 7) is 5.07. The number of carbonyl (C=O) groups is 1. The van der Waals surface area contributed by atoms with E-state index in [1.807, 2.05) is 42.2 Å². The number of nitrogens with zero attached hydrogens (tertiary/aromatic N) is 4. The highest BCUT2D eigenvalue weighted by atomic mass is 16.5. The SMILES string of the molecule is CCOc1ccccc1N1C[C@H](c2nc3ccccc3n2CCCN(C)C)CC1=O. The first-order valence-corrected chi connectivity index (χ1v) is 10.7. The van der Waals surface area contributed by atoms with E-state index >= 15 is 0 Å². The second kappa shape index (κ2) is 8.88. The van der Waals surface area contributed by atoms with E-state index in [1.165, 1.54) is 0 Å². The molecule has 30 heavy (non-hydrogen) atoms. The first-order valence-electron chi connectivity index (χ1n) is 10.7. The lowest BCUT2D eigenvalue weighted by Crippen LogP contribution is -2.25. The largest absolute Gasteiger partial charge is 0.492 e. The van der Waals surface area contributed by atoms with Crippen LogP contribution >= 0.6 is 0 Å². The Morgan fingerprint density at radius 2 is 1.90 bits per heavy atom. The molecular formula is C24H30N4O2. The summed E-state index contributed by atoms with van der Waals surface area (Å²) in [5, 5.41) is 0. The van der Waals surface area contributed by atoms with Gasteiger partial charge in [-0.2, -0.15) is 0 Å². The highest BCUT2D eigenvalue weighted by molar-refractivity contribution is 5.97. The summed E-state index contributed by atoms with van der Waals surface area (Å²) in [6, 6.07) is 16.0. The number of benzene rings is 2. The number of rotatable bonds is 8. The number of fused-ring (bicyclic) bond motifs is 1. The summed E-state index contributed by atoms with van der Waals surface area (Å²) in [7, 11) is 4.19. The summed E-state index contributed by atoms with van der Waals surface area (Å²) in [5.41, 5.74) is 2.99. The quantitative estimate of drug-likeness (QED) is 0.569. The molecule has 6 heteroatoms. The van der Waals surface area contributed by atoms with Crippen molar-refractivity contribution in [2.75, 3.05) is 38.7 Å².